The summed E-state index contributed by atoms with van der Waals surface area (Å²) in [6.07, 6.45) is 10.2. The van der Waals surface area contributed by atoms with Crippen molar-refractivity contribution in [2.24, 2.45) is 29.6 Å². The Bertz CT molecular complexity index is 4910. The van der Waals surface area contributed by atoms with E-state index in [2.05, 4.69) is 89.7 Å². The maximum absolute atomic E-state index is 15.1. The van der Waals surface area contributed by atoms with E-state index in [1.807, 2.05) is 26.0 Å². The normalized spacial score (nSPS) is 20.8. The molecule has 0 radical (unpaired) electrons. The van der Waals surface area contributed by atoms with Crippen LogP contribution in [-0.2, 0) is 66.5 Å². The number of hydrogen-bond donors (Lipinski definition) is 6. The van der Waals surface area contributed by atoms with Crippen LogP contribution < -0.4 is 46.2 Å². The standard InChI is InChI=1S/C28H38F3N5O4S.C26H37F3N6O4S.C25H36BrFN7O4S/c1-17-8-7-10-20(17)26(37)33-19-12-13-22(25(15-19)40-3)34-27-32-16-21(28(29,30)31)23(35-27)14-18-9-5-6-11-24(18)36(2)41(4,38)39;1-34(2)13-12-30-24(36)18-10-11-23(39-4)21(15-18)33-25-31-16-19(26(27,28)29)20(32-25)14-17-8-6-7-9-22(17)35(3)40(5,37)38;1-32-10-8-17(9-11-32)31-34(35)23-14-24(38-3)21(13-19(23)27)30-25-28-15-18(26)20(29-25)12-16-6-5-7-22(16)33(2)39(4,36)37/h12-13,15-18,20,24H,5-11,14H2,1-4H3,(H,33,37)(H,32,34,35);10-11,15-17,22H,6-9,12-14H2,1-5H3,(H,30,36)(H,31,32,33);13-17,22H,5-12H2,1-4H3,(H,31,35)(H,28,29,30)/q;;+1/t17?,18-,20?,24+;17-,22+;16-,22+/m000/s1. The molecule has 4 heterocycles. The van der Waals surface area contributed by atoms with Crippen LogP contribution in [0.2, 0.25) is 0 Å². The van der Waals surface area contributed by atoms with Crippen molar-refractivity contribution >= 4 is 104 Å². The second-order valence-corrected chi connectivity index (χ2v) is 38.8. The summed E-state index contributed by atoms with van der Waals surface area (Å²) in [5.41, 5.74) is 2.93. The number of nitrogens with one attached hydrogen (secondary N) is 6. The molecule has 3 aromatic heterocycles. The highest BCUT2D eigenvalue weighted by Gasteiger charge is 2.42. The topological polar surface area (TPSA) is 350 Å². The lowest BCUT2D eigenvalue weighted by Gasteiger charge is -2.37. The Hall–Kier alpha value is -8.32. The molecular weight excluding hydrogens is 1700 g/mol. The number of benzene rings is 3. The molecule has 1 aliphatic heterocycles. The number of likely N-dealkylation sites (N-methyl/N-ethyl adjacent to an activating group) is 1. The van der Waals surface area contributed by atoms with E-state index in [1.165, 1.54) is 72.8 Å². The molecule has 662 valence electrons. The number of methoxy groups -OCH3 is 3. The first-order valence-corrected chi connectivity index (χ1v) is 46.1. The van der Waals surface area contributed by atoms with Crippen LogP contribution in [-0.4, -0.2) is 227 Å². The molecule has 6 aromatic rings. The molecule has 0 bridgehead atoms. The molecule has 3 aromatic carbocycles. The molecule has 120 heavy (non-hydrogen) atoms. The first-order chi connectivity index (χ1) is 56.4. The Morgan fingerprint density at radius 3 is 1.50 bits per heavy atom. The van der Waals surface area contributed by atoms with Crippen molar-refractivity contribution < 1.29 is 84.7 Å². The molecule has 2 unspecified atom stereocenters. The Labute approximate surface area is 706 Å². The van der Waals surface area contributed by atoms with Gasteiger partial charge in [-0.05, 0) is 188 Å². The lowest BCUT2D eigenvalue weighted by molar-refractivity contribution is -0.538. The summed E-state index contributed by atoms with van der Waals surface area (Å²) in [4.78, 5) is 67.9. The van der Waals surface area contributed by atoms with Gasteiger partial charge in [0.2, 0.25) is 59.6 Å². The zero-order valence-corrected chi connectivity index (χ0v) is 73.9. The number of aromatic nitrogens is 6. The van der Waals surface area contributed by atoms with E-state index < -0.39 is 71.5 Å². The number of likely N-dealkylation sites (tertiary alicyclic amines) is 1. The molecule has 5 fully saturated rings. The largest absolute Gasteiger partial charge is 0.495 e. The van der Waals surface area contributed by atoms with Crippen molar-refractivity contribution in [3.63, 3.8) is 0 Å². The molecule has 41 heteroatoms. The molecule has 4 aliphatic carbocycles. The van der Waals surface area contributed by atoms with E-state index in [1.54, 1.807) is 43.6 Å². The van der Waals surface area contributed by atoms with Crippen LogP contribution in [0, 0.1) is 40.3 Å². The van der Waals surface area contributed by atoms with E-state index in [-0.39, 0.29) is 107 Å². The number of nitrogens with zero attached hydrogens (tertiary/aromatic N) is 12. The number of rotatable bonds is 30. The molecule has 8 atom stereocenters. The van der Waals surface area contributed by atoms with Gasteiger partial charge in [-0.2, -0.15) is 30.7 Å². The molecule has 4 saturated carbocycles. The van der Waals surface area contributed by atoms with Gasteiger partial charge in [0.1, 0.15) is 17.2 Å². The van der Waals surface area contributed by atoms with E-state index in [9.17, 15) is 66.1 Å². The smallest absolute Gasteiger partial charge is 0.419 e. The Morgan fingerprint density at radius 2 is 1.02 bits per heavy atom. The summed E-state index contributed by atoms with van der Waals surface area (Å²) < 4.78 is 193. The second-order valence-electron chi connectivity index (χ2n) is 31.8. The highest BCUT2D eigenvalue weighted by molar-refractivity contribution is 9.10. The summed E-state index contributed by atoms with van der Waals surface area (Å²) in [5.74, 6) is -0.334. The quantitative estimate of drug-likeness (QED) is 0.0139. The monoisotopic (exact) mass is 1810 g/mol. The van der Waals surface area contributed by atoms with Crippen molar-refractivity contribution in [2.75, 3.05) is 130 Å². The van der Waals surface area contributed by atoms with Gasteiger partial charge in [0.25, 0.3) is 5.91 Å². The number of sulfonamides is 3. The maximum atomic E-state index is 15.1. The summed E-state index contributed by atoms with van der Waals surface area (Å²) >= 11 is 3.51. The number of piperidine rings is 1. The number of hydrazine groups is 1. The molecule has 6 N–H and O–H groups in total. The highest BCUT2D eigenvalue weighted by atomic mass is 79.9. The molecule has 0 spiro atoms. The van der Waals surface area contributed by atoms with Crippen molar-refractivity contribution in [3.8, 4) is 17.2 Å². The number of anilines is 7. The minimum Gasteiger partial charge on any atom is -0.495 e. The number of alkyl halides is 6. The first-order valence-electron chi connectivity index (χ1n) is 39.8. The Kier molecular flexibility index (Phi) is 33.2. The van der Waals surface area contributed by atoms with Gasteiger partial charge in [0.05, 0.1) is 107 Å². The summed E-state index contributed by atoms with van der Waals surface area (Å²) in [6, 6.07) is 11.2. The predicted octanol–water partition coefficient (Wildman–Crippen LogP) is 12.9. The van der Waals surface area contributed by atoms with Crippen LogP contribution >= 0.6 is 15.9 Å². The number of carbonyl (C=O) groups is 2. The van der Waals surface area contributed by atoms with Gasteiger partial charge in [-0.25, -0.2) is 68.1 Å². The van der Waals surface area contributed by atoms with Crippen LogP contribution in [0.3, 0.4) is 0 Å². The number of carbonyl (C=O) groups excluding carboxylic acids is 2. The first kappa shape index (κ1) is 95.5. The van der Waals surface area contributed by atoms with Crippen molar-refractivity contribution in [1.29, 1.82) is 0 Å². The summed E-state index contributed by atoms with van der Waals surface area (Å²) in [6.45, 7) is 4.89. The van der Waals surface area contributed by atoms with E-state index >= 15 is 4.39 Å². The predicted molar refractivity (Wildman–Crippen MR) is 447 cm³/mol. The maximum Gasteiger partial charge on any atom is 0.419 e. The number of halogens is 8. The van der Waals surface area contributed by atoms with Crippen molar-refractivity contribution in [2.45, 2.75) is 165 Å². The van der Waals surface area contributed by atoms with Gasteiger partial charge in [-0.15, -0.1) is 5.43 Å². The van der Waals surface area contributed by atoms with Crippen LogP contribution in [0.5, 0.6) is 17.2 Å². The van der Waals surface area contributed by atoms with E-state index in [0.29, 0.717) is 94.6 Å². The Balaban J connectivity index is 0.000000205. The van der Waals surface area contributed by atoms with Gasteiger partial charge >= 0.3 is 18.0 Å². The fourth-order valence-corrected chi connectivity index (χ4v) is 18.8. The van der Waals surface area contributed by atoms with Gasteiger partial charge < -0.3 is 50.6 Å². The van der Waals surface area contributed by atoms with Gasteiger partial charge in [0, 0.05) is 100 Å². The zero-order valence-electron chi connectivity index (χ0n) is 69.8. The third-order valence-electron chi connectivity index (χ3n) is 23.1. The SMILES string of the molecule is COc1cc(NC(=O)C2CCCC2C)ccc1Nc1ncc(C(F)(F)F)c(C[C@@H]2CCCC[C@H]2N(C)S(C)(=O)=O)n1.COc1cc([N+](=O)NC2CCN(C)CC2)c(F)cc1Nc1ncc(Br)c(C[C@@H]2CCC[C@H]2N(C)S(C)(=O)=O)n1.COc1ccc(C(=O)NCCN(C)C)cc1Nc1ncc(C(F)(F)F)c(C[C@@H]2CCCC[C@H]2N(C)S(C)(=O)=O)n1. The number of hydrogen-bond acceptors (Lipinski definition) is 23. The van der Waals surface area contributed by atoms with Crippen LogP contribution in [0.25, 0.3) is 0 Å². The lowest BCUT2D eigenvalue weighted by Crippen LogP contribution is -2.44. The summed E-state index contributed by atoms with van der Waals surface area (Å²) in [5, 5.41) is 14.6. The third-order valence-corrected chi connectivity index (χ3v) is 27.7. The highest BCUT2D eigenvalue weighted by Crippen LogP contribution is 2.43. The molecule has 1 saturated heterocycles. The average Bonchev–Trinajstić information content (AvgIpc) is 0.968. The van der Waals surface area contributed by atoms with Gasteiger partial charge in [-0.3, -0.25) is 9.59 Å². The average molecular weight is 1810 g/mol. The number of ether oxygens (including phenoxy) is 3. The van der Waals surface area contributed by atoms with Crippen LogP contribution in [0.15, 0.2) is 71.6 Å². The molecule has 11 rings (SSSR count). The zero-order chi connectivity index (χ0) is 87.9. The third kappa shape index (κ3) is 26.1. The lowest BCUT2D eigenvalue weighted by atomic mass is 9.81. The fraction of sp³-hybridized carbons (Fsp3) is 0.595. The van der Waals surface area contributed by atoms with E-state index in [0.717, 1.165) is 121 Å². The van der Waals surface area contributed by atoms with Gasteiger partial charge in [-0.1, -0.05) is 45.4 Å². The molecule has 5 aliphatic rings. The number of amides is 2. The van der Waals surface area contributed by atoms with Crippen molar-refractivity contribution in [3.05, 3.63) is 116 Å². The minimum absolute atomic E-state index is 0.0341. The number of nitroso groups, excluding NO2 is 1. The van der Waals surface area contributed by atoms with Crippen molar-refractivity contribution in [1.82, 2.24) is 63.4 Å². The Morgan fingerprint density at radius 1 is 0.567 bits per heavy atom. The van der Waals surface area contributed by atoms with Crippen LogP contribution in [0.1, 0.15) is 148 Å². The molecular formula is C79H111BrF7N18O12S3+. The fourth-order valence-electron chi connectivity index (χ4n) is 16.2. The van der Waals surface area contributed by atoms with E-state index in [4.69, 9.17) is 14.2 Å². The molecule has 30 nitrogen and oxygen atoms in total. The van der Waals surface area contributed by atoms with Gasteiger partial charge in [0.15, 0.2) is 4.87 Å². The molecule has 2 amide bonds. The summed E-state index contributed by atoms with van der Waals surface area (Å²) in [7, 11) is 4.33. The van der Waals surface area contributed by atoms with Crippen LogP contribution in [0.4, 0.5) is 77.0 Å². The minimum atomic E-state index is -4.69. The second kappa shape index (κ2) is 41.7.